The molecule has 1 aromatic heterocycles. The molecule has 2 aromatic rings. The average Bonchev–Trinajstić information content (AvgIpc) is 3.25. The van der Waals surface area contributed by atoms with Gasteiger partial charge in [0.2, 0.25) is 11.8 Å². The van der Waals surface area contributed by atoms with Crippen molar-refractivity contribution in [2.45, 2.75) is 32.2 Å². The Morgan fingerprint density at radius 1 is 1.20 bits per heavy atom. The molecule has 40 heavy (non-hydrogen) atoms. The number of pyridine rings is 1. The second-order valence-corrected chi connectivity index (χ2v) is 10.9. The van der Waals surface area contributed by atoms with Gasteiger partial charge in [0.05, 0.1) is 65.0 Å². The van der Waals surface area contributed by atoms with E-state index in [0.29, 0.717) is 35.7 Å². The van der Waals surface area contributed by atoms with Gasteiger partial charge in [-0.3, -0.25) is 19.7 Å². The van der Waals surface area contributed by atoms with E-state index in [1.54, 1.807) is 17.2 Å². The van der Waals surface area contributed by atoms with E-state index < -0.39 is 23.7 Å². The molecule has 3 amide bonds. The summed E-state index contributed by atoms with van der Waals surface area (Å²) in [5, 5.41) is 19.2. The Morgan fingerprint density at radius 2 is 1.93 bits per heavy atom. The summed E-state index contributed by atoms with van der Waals surface area (Å²) in [5.41, 5.74) is 6.57. The van der Waals surface area contributed by atoms with Crippen LogP contribution in [0.25, 0.3) is 5.57 Å². The topological polar surface area (TPSA) is 162 Å². The first-order valence-electron chi connectivity index (χ1n) is 12.7. The molecule has 3 aliphatic rings. The van der Waals surface area contributed by atoms with Crippen LogP contribution in [-0.4, -0.2) is 77.4 Å². The van der Waals surface area contributed by atoms with E-state index in [1.807, 2.05) is 13.8 Å². The van der Waals surface area contributed by atoms with Crippen molar-refractivity contribution in [2.75, 3.05) is 36.5 Å². The summed E-state index contributed by atoms with van der Waals surface area (Å²) in [6.07, 6.45) is 2.69. The Kier molecular flexibility index (Phi) is 7.78. The van der Waals surface area contributed by atoms with E-state index in [-0.39, 0.29) is 52.8 Å². The van der Waals surface area contributed by atoms with Gasteiger partial charge in [-0.2, -0.15) is 0 Å². The normalized spacial score (nSPS) is 24.3. The first-order valence-corrected chi connectivity index (χ1v) is 13.4. The van der Waals surface area contributed by atoms with Crippen LogP contribution in [-0.2, 0) is 14.3 Å². The number of fused-ring (bicyclic) bond motifs is 1. The first-order chi connectivity index (χ1) is 19.0. The number of carbonyl (C=O) groups is 3. The number of primary amides is 1. The third-order valence-corrected chi connectivity index (χ3v) is 7.61. The lowest BCUT2D eigenvalue weighted by Gasteiger charge is -2.36. The predicted molar refractivity (Wildman–Crippen MR) is 150 cm³/mol. The van der Waals surface area contributed by atoms with Crippen LogP contribution >= 0.6 is 23.2 Å². The number of aromatic hydroxyl groups is 1. The maximum atomic E-state index is 13.2. The van der Waals surface area contributed by atoms with Crippen LogP contribution in [0.1, 0.15) is 29.8 Å². The third kappa shape index (κ3) is 5.52. The second kappa shape index (κ2) is 11.1. The van der Waals surface area contributed by atoms with E-state index in [0.717, 1.165) is 0 Å². The zero-order chi connectivity index (χ0) is 28.7. The molecule has 14 heteroatoms. The number of amides is 3. The third-order valence-electron chi connectivity index (χ3n) is 7.02. The molecule has 5 rings (SSSR count). The molecule has 4 heterocycles. The zero-order valence-electron chi connectivity index (χ0n) is 21.8. The molecule has 0 spiro atoms. The SMILES string of the molecule is C[C@@H]1CN(c2cc(NC(=O)CN3C=C(c4cc(Cl)c(O)c(C(N)=O)c4)C4C(=O)NCNC43)c(Cl)cn2)C[C@H](C)O1. The first kappa shape index (κ1) is 28.0. The number of aromatic nitrogens is 1. The standard InChI is InChI=1S/C26H29Cl2N7O5/c1-12-7-34(8-13(2)40-12)20-5-19(18(28)6-30-20)33-21(36)10-35-9-16(22-25(35)31-11-32-26(22)39)14-3-15(24(29)38)23(37)17(27)4-14/h3-6,9,12-13,22,25,31,37H,7-8,10-11H2,1-2H3,(H2,29,38)(H,32,39)(H,30,33,36)/t12-,13+,22?,25?. The minimum Gasteiger partial charge on any atom is -0.506 e. The highest BCUT2D eigenvalue weighted by molar-refractivity contribution is 6.33. The molecule has 3 aliphatic heterocycles. The van der Waals surface area contributed by atoms with Gasteiger partial charge in [0, 0.05) is 25.4 Å². The molecule has 0 aliphatic carbocycles. The number of morpholine rings is 1. The van der Waals surface area contributed by atoms with Crippen LogP contribution in [0.5, 0.6) is 5.75 Å². The van der Waals surface area contributed by atoms with E-state index in [9.17, 15) is 19.5 Å². The molecule has 0 radical (unpaired) electrons. The van der Waals surface area contributed by atoms with E-state index >= 15 is 0 Å². The van der Waals surface area contributed by atoms with Gasteiger partial charge < -0.3 is 36.0 Å². The number of hydrogen-bond acceptors (Lipinski definition) is 9. The Balaban J connectivity index is 1.38. The van der Waals surface area contributed by atoms with Gasteiger partial charge in [0.1, 0.15) is 11.6 Å². The Labute approximate surface area is 240 Å². The number of nitrogens with zero attached hydrogens (tertiary/aromatic N) is 3. The maximum Gasteiger partial charge on any atom is 0.252 e. The molecule has 2 fully saturated rings. The van der Waals surface area contributed by atoms with E-state index in [1.165, 1.54) is 18.3 Å². The minimum atomic E-state index is -0.867. The van der Waals surface area contributed by atoms with Gasteiger partial charge in [0.25, 0.3) is 5.91 Å². The summed E-state index contributed by atoms with van der Waals surface area (Å²) in [4.78, 5) is 46.2. The fraction of sp³-hybridized carbons (Fsp3) is 0.385. The summed E-state index contributed by atoms with van der Waals surface area (Å²) < 4.78 is 5.80. The molecule has 2 saturated heterocycles. The molecule has 2 unspecified atom stereocenters. The summed E-state index contributed by atoms with van der Waals surface area (Å²) >= 11 is 12.5. The number of anilines is 2. The number of nitrogens with one attached hydrogen (secondary N) is 3. The number of phenols is 1. The monoisotopic (exact) mass is 589 g/mol. The van der Waals surface area contributed by atoms with Crippen LogP contribution in [0.4, 0.5) is 11.5 Å². The fourth-order valence-electron chi connectivity index (χ4n) is 5.34. The summed E-state index contributed by atoms with van der Waals surface area (Å²) in [6, 6.07) is 4.56. The molecule has 4 atom stereocenters. The smallest absolute Gasteiger partial charge is 0.252 e. The van der Waals surface area contributed by atoms with Crippen molar-refractivity contribution < 1.29 is 24.2 Å². The van der Waals surface area contributed by atoms with Crippen molar-refractivity contribution >= 4 is 58.0 Å². The molecule has 212 valence electrons. The van der Waals surface area contributed by atoms with Gasteiger partial charge >= 0.3 is 0 Å². The molecule has 12 nitrogen and oxygen atoms in total. The predicted octanol–water partition coefficient (Wildman–Crippen LogP) is 1.72. The van der Waals surface area contributed by atoms with Crippen LogP contribution in [0.3, 0.4) is 0 Å². The maximum absolute atomic E-state index is 13.2. The van der Waals surface area contributed by atoms with Crippen molar-refractivity contribution in [1.29, 1.82) is 0 Å². The van der Waals surface area contributed by atoms with Crippen molar-refractivity contribution in [3.8, 4) is 5.75 Å². The Hall–Kier alpha value is -3.58. The molecule has 0 saturated carbocycles. The van der Waals surface area contributed by atoms with Crippen LogP contribution in [0.15, 0.2) is 30.6 Å². The summed E-state index contributed by atoms with van der Waals surface area (Å²) in [7, 11) is 0. The summed E-state index contributed by atoms with van der Waals surface area (Å²) in [5.74, 6) is -1.99. The quantitative estimate of drug-likeness (QED) is 0.337. The van der Waals surface area contributed by atoms with Gasteiger partial charge in [-0.25, -0.2) is 4.98 Å². The highest BCUT2D eigenvalue weighted by Gasteiger charge is 2.43. The number of ether oxygens (including phenoxy) is 1. The lowest BCUT2D eigenvalue weighted by atomic mass is 9.90. The molecule has 0 bridgehead atoms. The number of carbonyl (C=O) groups excluding carboxylic acids is 3. The van der Waals surface area contributed by atoms with Crippen molar-refractivity contribution in [3.05, 3.63) is 51.8 Å². The van der Waals surface area contributed by atoms with Crippen LogP contribution in [0, 0.1) is 5.92 Å². The van der Waals surface area contributed by atoms with Crippen molar-refractivity contribution in [1.82, 2.24) is 20.5 Å². The highest BCUT2D eigenvalue weighted by atomic mass is 35.5. The lowest BCUT2D eigenvalue weighted by molar-refractivity contribution is -0.128. The Morgan fingerprint density at radius 3 is 2.62 bits per heavy atom. The fourth-order valence-corrected chi connectivity index (χ4v) is 5.71. The largest absolute Gasteiger partial charge is 0.506 e. The number of hydrogen-bond donors (Lipinski definition) is 5. The number of rotatable bonds is 6. The van der Waals surface area contributed by atoms with Crippen molar-refractivity contribution in [2.24, 2.45) is 11.7 Å². The Bertz CT molecular complexity index is 1390. The van der Waals surface area contributed by atoms with Gasteiger partial charge in [0.15, 0.2) is 0 Å². The molecular formula is C26H29Cl2N7O5. The second-order valence-electron chi connectivity index (χ2n) is 10.1. The average molecular weight is 590 g/mol. The van der Waals surface area contributed by atoms with E-state index in [2.05, 4.69) is 25.8 Å². The zero-order valence-corrected chi connectivity index (χ0v) is 23.3. The number of benzene rings is 1. The van der Waals surface area contributed by atoms with E-state index in [4.69, 9.17) is 33.7 Å². The van der Waals surface area contributed by atoms with Gasteiger partial charge in [-0.05, 0) is 37.1 Å². The number of halogens is 2. The molecular weight excluding hydrogens is 561 g/mol. The van der Waals surface area contributed by atoms with Crippen molar-refractivity contribution in [3.63, 3.8) is 0 Å². The molecule has 1 aromatic carbocycles. The van der Waals surface area contributed by atoms with Gasteiger partial charge in [-0.15, -0.1) is 0 Å². The number of nitrogens with two attached hydrogens (primary N) is 1. The highest BCUT2D eigenvalue weighted by Crippen LogP contribution is 2.39. The van der Waals surface area contributed by atoms with Crippen LogP contribution < -0.4 is 26.6 Å². The van der Waals surface area contributed by atoms with Gasteiger partial charge in [-0.1, -0.05) is 23.2 Å². The lowest BCUT2D eigenvalue weighted by Crippen LogP contribution is -2.59. The molecule has 6 N–H and O–H groups in total. The minimum absolute atomic E-state index is 0.0334. The van der Waals surface area contributed by atoms with Crippen LogP contribution in [0.2, 0.25) is 10.0 Å². The summed E-state index contributed by atoms with van der Waals surface area (Å²) in [6.45, 7) is 5.39.